The number of hydrogen-bond acceptors (Lipinski definition) is 6. The minimum absolute atomic E-state index is 0.207. The molecule has 3 rings (SSSR count). The van der Waals surface area contributed by atoms with Gasteiger partial charge >= 0.3 is 0 Å². The van der Waals surface area contributed by atoms with Crippen LogP contribution in [0.15, 0.2) is 46.9 Å². The van der Waals surface area contributed by atoms with Crippen LogP contribution in [0.2, 0.25) is 0 Å². The third-order valence-electron chi connectivity index (χ3n) is 3.09. The summed E-state index contributed by atoms with van der Waals surface area (Å²) in [6, 6.07) is 8.58. The number of nitrogens with one attached hydrogen (secondary N) is 2. The summed E-state index contributed by atoms with van der Waals surface area (Å²) in [7, 11) is -3.58. The molecule has 2 N–H and O–H groups in total. The average molecular weight is 362 g/mol. The van der Waals surface area contributed by atoms with Crippen molar-refractivity contribution in [2.75, 3.05) is 5.32 Å². The molecule has 3 aromatic rings. The molecule has 0 saturated carbocycles. The first kappa shape index (κ1) is 16.8. The molecule has 0 unspecified atom stereocenters. The molecular formula is C16H18N4O2S2. The first-order valence-corrected chi connectivity index (χ1v) is 9.70. The summed E-state index contributed by atoms with van der Waals surface area (Å²) in [6.45, 7) is 5.42. The third kappa shape index (κ3) is 3.72. The number of rotatable bonds is 4. The quantitative estimate of drug-likeness (QED) is 0.742. The van der Waals surface area contributed by atoms with Crippen LogP contribution in [0.25, 0.3) is 10.2 Å². The highest BCUT2D eigenvalue weighted by atomic mass is 32.2. The van der Waals surface area contributed by atoms with Gasteiger partial charge in [-0.1, -0.05) is 6.07 Å². The maximum absolute atomic E-state index is 12.5. The number of sulfonamides is 1. The second kappa shape index (κ2) is 6.12. The predicted octanol–water partition coefficient (Wildman–Crippen LogP) is 3.51. The van der Waals surface area contributed by atoms with Gasteiger partial charge in [0.25, 0.3) is 0 Å². The van der Waals surface area contributed by atoms with Crippen LogP contribution in [0.4, 0.5) is 11.5 Å². The summed E-state index contributed by atoms with van der Waals surface area (Å²) >= 11 is 1.53. The van der Waals surface area contributed by atoms with Gasteiger partial charge in [-0.05, 0) is 50.4 Å². The fourth-order valence-corrected chi connectivity index (χ4v) is 4.47. The lowest BCUT2D eigenvalue weighted by Crippen LogP contribution is -2.40. The largest absolute Gasteiger partial charge is 0.339 e. The van der Waals surface area contributed by atoms with Crippen molar-refractivity contribution in [1.82, 2.24) is 14.7 Å². The molecule has 6 nitrogen and oxygen atoms in total. The Kier molecular flexibility index (Phi) is 4.29. The summed E-state index contributed by atoms with van der Waals surface area (Å²) in [5.74, 6) is 0.660. The standard InChI is InChI=1S/C16H18N4O2S2/c1-16(2,3)20-24(21,22)12-6-4-5-11(9-12)19-15-14-13(7-8-23-14)17-10-18-15/h4-10,20H,1-3H3,(H,17,18,19). The van der Waals surface area contributed by atoms with Crippen LogP contribution in [0, 0.1) is 0 Å². The van der Waals surface area contributed by atoms with Crippen LogP contribution in [0.3, 0.4) is 0 Å². The molecule has 0 bridgehead atoms. The van der Waals surface area contributed by atoms with E-state index in [9.17, 15) is 8.42 Å². The Morgan fingerprint density at radius 2 is 1.92 bits per heavy atom. The van der Waals surface area contributed by atoms with E-state index in [2.05, 4.69) is 20.0 Å². The zero-order valence-electron chi connectivity index (χ0n) is 13.6. The van der Waals surface area contributed by atoms with Crippen molar-refractivity contribution in [1.29, 1.82) is 0 Å². The van der Waals surface area contributed by atoms with E-state index >= 15 is 0 Å². The van der Waals surface area contributed by atoms with E-state index in [0.717, 1.165) is 10.2 Å². The molecule has 0 aliphatic rings. The van der Waals surface area contributed by atoms with Gasteiger partial charge in [-0.15, -0.1) is 11.3 Å². The molecule has 2 aromatic heterocycles. The Morgan fingerprint density at radius 1 is 1.12 bits per heavy atom. The Bertz CT molecular complexity index is 975. The molecule has 0 fully saturated rings. The van der Waals surface area contributed by atoms with Crippen molar-refractivity contribution in [3.63, 3.8) is 0 Å². The Morgan fingerprint density at radius 3 is 2.67 bits per heavy atom. The highest BCUT2D eigenvalue weighted by Gasteiger charge is 2.22. The molecule has 126 valence electrons. The normalized spacial score (nSPS) is 12.5. The Balaban J connectivity index is 1.93. The van der Waals surface area contributed by atoms with Crippen molar-refractivity contribution < 1.29 is 8.42 Å². The summed E-state index contributed by atoms with van der Waals surface area (Å²) in [5, 5.41) is 5.12. The average Bonchev–Trinajstić information content (AvgIpc) is 2.95. The van der Waals surface area contributed by atoms with E-state index in [1.165, 1.54) is 17.7 Å². The van der Waals surface area contributed by atoms with Gasteiger partial charge in [0, 0.05) is 11.2 Å². The summed E-state index contributed by atoms with van der Waals surface area (Å²) in [5.41, 5.74) is 0.966. The van der Waals surface area contributed by atoms with Gasteiger partial charge in [0.15, 0.2) is 5.82 Å². The maximum atomic E-state index is 12.5. The van der Waals surface area contributed by atoms with Crippen LogP contribution >= 0.6 is 11.3 Å². The van der Waals surface area contributed by atoms with Gasteiger partial charge in [0.05, 0.1) is 15.1 Å². The molecule has 2 heterocycles. The summed E-state index contributed by atoms with van der Waals surface area (Å²) < 4.78 is 28.5. The van der Waals surface area contributed by atoms with Crippen LogP contribution < -0.4 is 10.0 Å². The molecule has 0 atom stereocenters. The van der Waals surface area contributed by atoms with Crippen molar-refractivity contribution in [3.8, 4) is 0 Å². The van der Waals surface area contributed by atoms with Gasteiger partial charge in [-0.3, -0.25) is 0 Å². The number of hydrogen-bond donors (Lipinski definition) is 2. The molecule has 0 aliphatic carbocycles. The predicted molar refractivity (Wildman–Crippen MR) is 97.2 cm³/mol. The lowest BCUT2D eigenvalue weighted by atomic mass is 10.1. The van der Waals surface area contributed by atoms with E-state index in [-0.39, 0.29) is 4.90 Å². The number of anilines is 2. The third-order valence-corrected chi connectivity index (χ3v) is 5.76. The Hall–Kier alpha value is -2.03. The van der Waals surface area contributed by atoms with Crippen molar-refractivity contribution in [2.45, 2.75) is 31.2 Å². The van der Waals surface area contributed by atoms with Crippen molar-refractivity contribution in [3.05, 3.63) is 42.0 Å². The highest BCUT2D eigenvalue weighted by Crippen LogP contribution is 2.28. The second-order valence-electron chi connectivity index (χ2n) is 6.37. The fourth-order valence-electron chi connectivity index (χ4n) is 2.22. The van der Waals surface area contributed by atoms with E-state index in [4.69, 9.17) is 0 Å². The van der Waals surface area contributed by atoms with E-state index in [0.29, 0.717) is 11.5 Å². The molecule has 24 heavy (non-hydrogen) atoms. The number of aromatic nitrogens is 2. The van der Waals surface area contributed by atoms with Gasteiger partial charge in [-0.25, -0.2) is 23.1 Å². The minimum Gasteiger partial charge on any atom is -0.339 e. The van der Waals surface area contributed by atoms with Crippen molar-refractivity contribution in [2.24, 2.45) is 0 Å². The molecule has 8 heteroatoms. The minimum atomic E-state index is -3.58. The van der Waals surface area contributed by atoms with Gasteiger partial charge in [-0.2, -0.15) is 0 Å². The molecular weight excluding hydrogens is 344 g/mol. The fraction of sp³-hybridized carbons (Fsp3) is 0.250. The van der Waals surface area contributed by atoms with Gasteiger partial charge < -0.3 is 5.32 Å². The van der Waals surface area contributed by atoms with Crippen LogP contribution in [0.5, 0.6) is 0 Å². The Labute approximate surface area is 145 Å². The molecule has 0 radical (unpaired) electrons. The van der Waals surface area contributed by atoms with Gasteiger partial charge in [0.2, 0.25) is 10.0 Å². The highest BCUT2D eigenvalue weighted by molar-refractivity contribution is 7.89. The van der Waals surface area contributed by atoms with E-state index < -0.39 is 15.6 Å². The van der Waals surface area contributed by atoms with Gasteiger partial charge in [0.1, 0.15) is 6.33 Å². The monoisotopic (exact) mass is 362 g/mol. The second-order valence-corrected chi connectivity index (χ2v) is 8.96. The molecule has 0 spiro atoms. The molecule has 0 saturated heterocycles. The maximum Gasteiger partial charge on any atom is 0.241 e. The topological polar surface area (TPSA) is 84.0 Å². The van der Waals surface area contributed by atoms with E-state index in [1.54, 1.807) is 45.0 Å². The molecule has 0 amide bonds. The first-order valence-electron chi connectivity index (χ1n) is 7.34. The van der Waals surface area contributed by atoms with Crippen molar-refractivity contribution >= 4 is 43.1 Å². The molecule has 0 aliphatic heterocycles. The lowest BCUT2D eigenvalue weighted by molar-refractivity contribution is 0.491. The SMILES string of the molecule is CC(C)(C)NS(=O)(=O)c1cccc(Nc2ncnc3ccsc23)c1. The smallest absolute Gasteiger partial charge is 0.241 e. The van der Waals surface area contributed by atoms with E-state index in [1.807, 2.05) is 11.4 Å². The number of fused-ring (bicyclic) bond motifs is 1. The number of thiophene rings is 1. The zero-order chi connectivity index (χ0) is 17.4. The van der Waals surface area contributed by atoms with Crippen LogP contribution in [-0.4, -0.2) is 23.9 Å². The summed E-state index contributed by atoms with van der Waals surface area (Å²) in [6.07, 6.45) is 1.49. The summed E-state index contributed by atoms with van der Waals surface area (Å²) in [4.78, 5) is 8.65. The zero-order valence-corrected chi connectivity index (χ0v) is 15.2. The lowest BCUT2D eigenvalue weighted by Gasteiger charge is -2.20. The first-order chi connectivity index (χ1) is 11.2. The van der Waals surface area contributed by atoms with Crippen LogP contribution in [0.1, 0.15) is 20.8 Å². The number of nitrogens with zero attached hydrogens (tertiary/aromatic N) is 2. The number of benzene rings is 1. The van der Waals surface area contributed by atoms with Crippen LogP contribution in [-0.2, 0) is 10.0 Å². The molecule has 1 aromatic carbocycles.